The predicted octanol–water partition coefficient (Wildman–Crippen LogP) is 1.29. The number of alkyl halides is 1. The first-order valence-electron chi connectivity index (χ1n) is 4.93. The number of rotatable bonds is 3. The molecular weight excluding hydrogens is 280 g/mol. The van der Waals surface area contributed by atoms with Gasteiger partial charge < -0.3 is 4.98 Å². The smallest absolute Gasteiger partial charge is 0.154 e. The van der Waals surface area contributed by atoms with Gasteiger partial charge in [-0.15, -0.1) is 0 Å². The summed E-state index contributed by atoms with van der Waals surface area (Å²) in [6.45, 7) is 0. The quantitative estimate of drug-likeness (QED) is 0.854. The molecule has 1 aliphatic heterocycles. The number of halogens is 1. The number of H-pyrrole nitrogens is 1. The van der Waals surface area contributed by atoms with Crippen molar-refractivity contribution >= 4 is 25.8 Å². The predicted molar refractivity (Wildman–Crippen MR) is 61.8 cm³/mol. The third-order valence-electron chi connectivity index (χ3n) is 2.73. The molecule has 6 heteroatoms. The molecule has 84 valence electrons. The van der Waals surface area contributed by atoms with E-state index in [1.54, 1.807) is 12.4 Å². The standard InChI is InChI=1S/C9H13BrN2O2S/c10-7(6-9-11-3-4-12-9)8-2-1-5-15(8,13)14/h3-4,7-8H,1-2,5-6H2,(H,11,12). The molecule has 2 atom stereocenters. The molecule has 2 heterocycles. The number of nitrogens with zero attached hydrogens (tertiary/aromatic N) is 1. The van der Waals surface area contributed by atoms with E-state index in [1.807, 2.05) is 0 Å². The number of aromatic nitrogens is 2. The van der Waals surface area contributed by atoms with E-state index in [2.05, 4.69) is 25.9 Å². The normalized spacial score (nSPS) is 26.6. The van der Waals surface area contributed by atoms with Crippen LogP contribution in [0.3, 0.4) is 0 Å². The zero-order valence-electron chi connectivity index (χ0n) is 8.19. The molecule has 0 aromatic carbocycles. The first-order valence-corrected chi connectivity index (χ1v) is 7.56. The lowest BCUT2D eigenvalue weighted by molar-refractivity contribution is 0.584. The topological polar surface area (TPSA) is 62.8 Å². The number of sulfone groups is 1. The Balaban J connectivity index is 2.05. The number of aromatic amines is 1. The average molecular weight is 293 g/mol. The van der Waals surface area contributed by atoms with Gasteiger partial charge >= 0.3 is 0 Å². The van der Waals surface area contributed by atoms with Gasteiger partial charge in [0.2, 0.25) is 0 Å². The van der Waals surface area contributed by atoms with Gasteiger partial charge in [0.25, 0.3) is 0 Å². The minimum Gasteiger partial charge on any atom is -0.349 e. The van der Waals surface area contributed by atoms with Crippen LogP contribution < -0.4 is 0 Å². The molecule has 4 nitrogen and oxygen atoms in total. The first kappa shape index (κ1) is 11.1. The zero-order valence-corrected chi connectivity index (χ0v) is 10.6. The van der Waals surface area contributed by atoms with Crippen LogP contribution in [-0.4, -0.2) is 34.2 Å². The molecular formula is C9H13BrN2O2S. The zero-order chi connectivity index (χ0) is 10.9. The van der Waals surface area contributed by atoms with E-state index in [9.17, 15) is 8.42 Å². The SMILES string of the molecule is O=S1(=O)CCCC1C(Br)Cc1ncc[nH]1. The van der Waals surface area contributed by atoms with Gasteiger partial charge in [-0.25, -0.2) is 13.4 Å². The average Bonchev–Trinajstić information content (AvgIpc) is 2.73. The molecule has 2 rings (SSSR count). The molecule has 0 spiro atoms. The van der Waals surface area contributed by atoms with Gasteiger partial charge in [0.05, 0.1) is 11.0 Å². The third kappa shape index (κ3) is 2.42. The van der Waals surface area contributed by atoms with Crippen molar-refractivity contribution in [2.24, 2.45) is 0 Å². The Kier molecular flexibility index (Phi) is 3.16. The van der Waals surface area contributed by atoms with Gasteiger partial charge in [-0.3, -0.25) is 0 Å². The number of nitrogens with one attached hydrogen (secondary N) is 1. The van der Waals surface area contributed by atoms with Crippen LogP contribution in [0.1, 0.15) is 18.7 Å². The van der Waals surface area contributed by atoms with E-state index >= 15 is 0 Å². The van der Waals surface area contributed by atoms with E-state index in [4.69, 9.17) is 0 Å². The van der Waals surface area contributed by atoms with E-state index < -0.39 is 9.84 Å². The molecule has 15 heavy (non-hydrogen) atoms. The Morgan fingerprint density at radius 2 is 2.47 bits per heavy atom. The summed E-state index contributed by atoms with van der Waals surface area (Å²) >= 11 is 3.46. The van der Waals surface area contributed by atoms with Crippen LogP contribution >= 0.6 is 15.9 Å². The molecule has 0 radical (unpaired) electrons. The summed E-state index contributed by atoms with van der Waals surface area (Å²) in [5.74, 6) is 1.16. The lowest BCUT2D eigenvalue weighted by atomic mass is 10.1. The van der Waals surface area contributed by atoms with Gasteiger partial charge in [-0.1, -0.05) is 15.9 Å². The summed E-state index contributed by atoms with van der Waals surface area (Å²) in [6, 6.07) is 0. The maximum absolute atomic E-state index is 11.7. The lowest BCUT2D eigenvalue weighted by Crippen LogP contribution is -2.28. The van der Waals surface area contributed by atoms with Crippen molar-refractivity contribution in [1.82, 2.24) is 9.97 Å². The summed E-state index contributed by atoms with van der Waals surface area (Å²) in [5, 5.41) is -0.248. The highest BCUT2D eigenvalue weighted by atomic mass is 79.9. The molecule has 0 amide bonds. The van der Waals surface area contributed by atoms with Gasteiger partial charge in [0.15, 0.2) is 9.84 Å². The number of imidazole rings is 1. The summed E-state index contributed by atoms with van der Waals surface area (Å²) in [7, 11) is -2.88. The molecule has 0 saturated carbocycles. The minimum atomic E-state index is -2.88. The fourth-order valence-corrected chi connectivity index (χ4v) is 5.45. The van der Waals surface area contributed by atoms with Crippen molar-refractivity contribution < 1.29 is 8.42 Å². The van der Waals surface area contributed by atoms with Crippen LogP contribution in [0.2, 0.25) is 0 Å². The van der Waals surface area contributed by atoms with Gasteiger partial charge in [-0.2, -0.15) is 0 Å². The van der Waals surface area contributed by atoms with Crippen LogP contribution in [-0.2, 0) is 16.3 Å². The molecule has 1 N–H and O–H groups in total. The lowest BCUT2D eigenvalue weighted by Gasteiger charge is -2.15. The van der Waals surface area contributed by atoms with Gasteiger partial charge in [-0.05, 0) is 12.8 Å². The van der Waals surface area contributed by atoms with Crippen LogP contribution in [0.4, 0.5) is 0 Å². The Morgan fingerprint density at radius 1 is 1.67 bits per heavy atom. The molecule has 1 fully saturated rings. The summed E-state index contributed by atoms with van der Waals surface area (Å²) in [6.07, 6.45) is 5.61. The first-order chi connectivity index (χ1) is 7.09. The summed E-state index contributed by atoms with van der Waals surface area (Å²) in [5.41, 5.74) is 0. The molecule has 2 unspecified atom stereocenters. The maximum atomic E-state index is 11.7. The number of hydrogen-bond donors (Lipinski definition) is 1. The number of hydrogen-bond acceptors (Lipinski definition) is 3. The van der Waals surface area contributed by atoms with Crippen LogP contribution in [0, 0.1) is 0 Å². The molecule has 0 bridgehead atoms. The van der Waals surface area contributed by atoms with Crippen LogP contribution in [0.5, 0.6) is 0 Å². The molecule has 1 saturated heterocycles. The van der Waals surface area contributed by atoms with Crippen molar-refractivity contribution in [1.29, 1.82) is 0 Å². The summed E-state index contributed by atoms with van der Waals surface area (Å²) < 4.78 is 23.3. The van der Waals surface area contributed by atoms with E-state index in [0.717, 1.165) is 18.7 Å². The molecule has 1 aromatic rings. The van der Waals surface area contributed by atoms with Crippen molar-refractivity contribution in [2.45, 2.75) is 29.3 Å². The Morgan fingerprint density at radius 3 is 3.00 bits per heavy atom. The highest BCUT2D eigenvalue weighted by molar-refractivity contribution is 9.09. The molecule has 1 aromatic heterocycles. The van der Waals surface area contributed by atoms with Crippen molar-refractivity contribution in [2.75, 3.05) is 5.75 Å². The second kappa shape index (κ2) is 4.25. The third-order valence-corrected chi connectivity index (χ3v) is 6.38. The monoisotopic (exact) mass is 292 g/mol. The van der Waals surface area contributed by atoms with Crippen molar-refractivity contribution in [3.63, 3.8) is 0 Å². The maximum Gasteiger partial charge on any atom is 0.154 e. The Labute approximate surface area is 97.5 Å². The second-order valence-corrected chi connectivity index (χ2v) is 7.32. The fourth-order valence-electron chi connectivity index (χ4n) is 1.95. The van der Waals surface area contributed by atoms with Gasteiger partial charge in [0, 0.05) is 23.6 Å². The Hall–Kier alpha value is -0.360. The van der Waals surface area contributed by atoms with Gasteiger partial charge in [0.1, 0.15) is 5.82 Å². The van der Waals surface area contributed by atoms with E-state index in [0.29, 0.717) is 12.2 Å². The summed E-state index contributed by atoms with van der Waals surface area (Å²) in [4.78, 5) is 7.05. The molecule has 1 aliphatic rings. The minimum absolute atomic E-state index is 0.0313. The Bertz CT molecular complexity index is 415. The van der Waals surface area contributed by atoms with Crippen molar-refractivity contribution in [3.8, 4) is 0 Å². The van der Waals surface area contributed by atoms with Crippen LogP contribution in [0.25, 0.3) is 0 Å². The fraction of sp³-hybridized carbons (Fsp3) is 0.667. The van der Waals surface area contributed by atoms with Crippen LogP contribution in [0.15, 0.2) is 12.4 Å². The van der Waals surface area contributed by atoms with E-state index in [-0.39, 0.29) is 10.1 Å². The molecule has 0 aliphatic carbocycles. The largest absolute Gasteiger partial charge is 0.349 e. The second-order valence-electron chi connectivity index (χ2n) is 3.80. The highest BCUT2D eigenvalue weighted by Crippen LogP contribution is 2.28. The van der Waals surface area contributed by atoms with Crippen molar-refractivity contribution in [3.05, 3.63) is 18.2 Å². The highest BCUT2D eigenvalue weighted by Gasteiger charge is 2.36. The van der Waals surface area contributed by atoms with E-state index in [1.165, 1.54) is 0 Å².